The molecule has 7 nitrogen and oxygen atoms in total. The van der Waals surface area contributed by atoms with E-state index in [2.05, 4.69) is 20.1 Å². The molecule has 0 radical (unpaired) electrons. The molecule has 0 unspecified atom stereocenters. The zero-order valence-electron chi connectivity index (χ0n) is 17.3. The molecule has 1 aromatic carbocycles. The number of aromatic nitrogens is 5. The van der Waals surface area contributed by atoms with E-state index in [9.17, 15) is 9.18 Å². The van der Waals surface area contributed by atoms with Crippen molar-refractivity contribution in [3.8, 4) is 22.8 Å². The van der Waals surface area contributed by atoms with Gasteiger partial charge in [0.1, 0.15) is 11.5 Å². The number of carbonyl (C=O) groups is 1. The Labute approximate surface area is 189 Å². The number of rotatable bonds is 7. The lowest BCUT2D eigenvalue weighted by atomic mass is 10.1. The molecule has 4 rings (SSSR count). The van der Waals surface area contributed by atoms with E-state index < -0.39 is 5.82 Å². The number of hydrogen-bond donors (Lipinski definition) is 0. The van der Waals surface area contributed by atoms with Crippen LogP contribution in [0.25, 0.3) is 22.8 Å². The summed E-state index contributed by atoms with van der Waals surface area (Å²) in [6.07, 6.45) is 6.23. The second kappa shape index (κ2) is 9.65. The Bertz CT molecular complexity index is 1210. The van der Waals surface area contributed by atoms with Crippen LogP contribution in [0.15, 0.2) is 67.3 Å². The molecule has 0 N–H and O–H groups in total. The summed E-state index contributed by atoms with van der Waals surface area (Å²) in [6.45, 7) is 3.35. The van der Waals surface area contributed by atoms with Crippen LogP contribution in [0.3, 0.4) is 0 Å². The minimum absolute atomic E-state index is 0.162. The van der Waals surface area contributed by atoms with Gasteiger partial charge in [-0.1, -0.05) is 11.6 Å². The van der Waals surface area contributed by atoms with Crippen LogP contribution in [0.2, 0.25) is 5.02 Å². The van der Waals surface area contributed by atoms with Crippen molar-refractivity contribution in [2.45, 2.75) is 13.5 Å². The van der Waals surface area contributed by atoms with Gasteiger partial charge in [0.2, 0.25) is 0 Å². The number of amides is 1. The molecule has 1 amide bonds. The first-order valence-corrected chi connectivity index (χ1v) is 10.4. The molecule has 0 atom stereocenters. The van der Waals surface area contributed by atoms with Gasteiger partial charge in [-0.15, -0.1) is 0 Å². The van der Waals surface area contributed by atoms with Gasteiger partial charge in [0.15, 0.2) is 5.82 Å². The lowest BCUT2D eigenvalue weighted by Crippen LogP contribution is -2.34. The van der Waals surface area contributed by atoms with Crippen LogP contribution in [-0.4, -0.2) is 48.6 Å². The average molecular weight is 451 g/mol. The minimum atomic E-state index is -0.397. The van der Waals surface area contributed by atoms with Crippen LogP contribution < -0.4 is 0 Å². The third-order valence-electron chi connectivity index (χ3n) is 4.92. The normalized spacial score (nSPS) is 10.8. The van der Waals surface area contributed by atoms with Gasteiger partial charge in [0.05, 0.1) is 24.0 Å². The molecule has 3 aromatic heterocycles. The van der Waals surface area contributed by atoms with E-state index in [1.165, 1.54) is 6.07 Å². The summed E-state index contributed by atoms with van der Waals surface area (Å²) in [5, 5.41) is 4.95. The molecule has 0 bridgehead atoms. The van der Waals surface area contributed by atoms with Gasteiger partial charge >= 0.3 is 0 Å². The molecule has 0 saturated heterocycles. The SMILES string of the molecule is CCN(CCn1ccc(-c2ccc(F)cn2)n1)C(=O)c1cc(Cl)ccc1-c1ncccn1. The first-order chi connectivity index (χ1) is 15.5. The van der Waals surface area contributed by atoms with E-state index in [4.69, 9.17) is 11.6 Å². The van der Waals surface area contributed by atoms with E-state index in [-0.39, 0.29) is 5.91 Å². The van der Waals surface area contributed by atoms with E-state index in [1.807, 2.05) is 6.92 Å². The molecular weight excluding hydrogens is 431 g/mol. The summed E-state index contributed by atoms with van der Waals surface area (Å²) in [5.41, 5.74) is 2.29. The van der Waals surface area contributed by atoms with Crippen LogP contribution in [0.5, 0.6) is 0 Å². The molecule has 32 heavy (non-hydrogen) atoms. The van der Waals surface area contributed by atoms with Gasteiger partial charge in [-0.05, 0) is 49.4 Å². The zero-order chi connectivity index (χ0) is 22.5. The number of likely N-dealkylation sites (N-methyl/N-ethyl adjacent to an activating group) is 1. The summed E-state index contributed by atoms with van der Waals surface area (Å²) in [4.78, 5) is 27.6. The summed E-state index contributed by atoms with van der Waals surface area (Å²) < 4.78 is 14.8. The van der Waals surface area contributed by atoms with Gasteiger partial charge in [0.25, 0.3) is 5.91 Å². The fourth-order valence-corrected chi connectivity index (χ4v) is 3.45. The number of nitrogens with zero attached hydrogens (tertiary/aromatic N) is 6. The molecule has 0 spiro atoms. The van der Waals surface area contributed by atoms with Gasteiger partial charge in [-0.2, -0.15) is 5.10 Å². The molecule has 0 fully saturated rings. The van der Waals surface area contributed by atoms with E-state index >= 15 is 0 Å². The number of carbonyl (C=O) groups excluding carboxylic acids is 1. The molecular formula is C23H20ClFN6O. The summed E-state index contributed by atoms with van der Waals surface area (Å²) in [6, 6.07) is 11.6. The smallest absolute Gasteiger partial charge is 0.254 e. The van der Waals surface area contributed by atoms with Crippen LogP contribution in [-0.2, 0) is 6.54 Å². The van der Waals surface area contributed by atoms with Crippen molar-refractivity contribution in [2.75, 3.05) is 13.1 Å². The number of pyridine rings is 1. The van der Waals surface area contributed by atoms with E-state index in [1.54, 1.807) is 64.6 Å². The molecule has 0 saturated carbocycles. The second-order valence-corrected chi connectivity index (χ2v) is 7.41. The second-order valence-electron chi connectivity index (χ2n) is 6.97. The maximum absolute atomic E-state index is 13.3. The number of hydrogen-bond acceptors (Lipinski definition) is 5. The van der Waals surface area contributed by atoms with Gasteiger partial charge in [-0.3, -0.25) is 14.5 Å². The topological polar surface area (TPSA) is 76.8 Å². The fourth-order valence-electron chi connectivity index (χ4n) is 3.27. The largest absolute Gasteiger partial charge is 0.337 e. The molecule has 0 aliphatic rings. The summed E-state index contributed by atoms with van der Waals surface area (Å²) in [5.74, 6) is -0.0938. The Hall–Kier alpha value is -3.65. The highest BCUT2D eigenvalue weighted by Crippen LogP contribution is 2.25. The third kappa shape index (κ3) is 4.81. The van der Waals surface area contributed by atoms with Crippen LogP contribution in [0.1, 0.15) is 17.3 Å². The highest BCUT2D eigenvalue weighted by Gasteiger charge is 2.20. The standard InChI is InChI=1S/C23H20ClFN6O/c1-2-30(12-13-31-11-8-21(29-31)20-7-5-17(25)15-28-20)23(32)19-14-16(24)4-6-18(19)22-26-9-3-10-27-22/h3-11,14-15H,2,12-13H2,1H3. The van der Waals surface area contributed by atoms with Gasteiger partial charge < -0.3 is 4.90 Å². The van der Waals surface area contributed by atoms with Crippen molar-refractivity contribution in [1.29, 1.82) is 0 Å². The quantitative estimate of drug-likeness (QED) is 0.418. The minimum Gasteiger partial charge on any atom is -0.337 e. The van der Waals surface area contributed by atoms with Gasteiger partial charge in [-0.25, -0.2) is 14.4 Å². The molecule has 4 aromatic rings. The first kappa shape index (κ1) is 21.6. The highest BCUT2D eigenvalue weighted by atomic mass is 35.5. The van der Waals surface area contributed by atoms with Gasteiger partial charge in [0, 0.05) is 42.3 Å². The summed E-state index contributed by atoms with van der Waals surface area (Å²) >= 11 is 6.18. The Morgan fingerprint density at radius 3 is 2.62 bits per heavy atom. The van der Waals surface area contributed by atoms with Crippen molar-refractivity contribution in [1.82, 2.24) is 29.6 Å². The van der Waals surface area contributed by atoms with Crippen LogP contribution in [0, 0.1) is 5.82 Å². The molecule has 0 aliphatic heterocycles. The van der Waals surface area contributed by atoms with E-state index in [0.29, 0.717) is 53.0 Å². The highest BCUT2D eigenvalue weighted by molar-refractivity contribution is 6.31. The Kier molecular flexibility index (Phi) is 6.51. The lowest BCUT2D eigenvalue weighted by molar-refractivity contribution is 0.0758. The predicted octanol–water partition coefficient (Wildman–Crippen LogP) is 4.36. The fraction of sp³-hybridized carbons (Fsp3) is 0.174. The van der Waals surface area contributed by atoms with Crippen LogP contribution in [0.4, 0.5) is 4.39 Å². The van der Waals surface area contributed by atoms with Crippen molar-refractivity contribution in [2.24, 2.45) is 0 Å². The van der Waals surface area contributed by atoms with E-state index in [0.717, 1.165) is 6.20 Å². The average Bonchev–Trinajstić information content (AvgIpc) is 3.29. The molecule has 3 heterocycles. The third-order valence-corrected chi connectivity index (χ3v) is 5.15. The summed E-state index contributed by atoms with van der Waals surface area (Å²) in [7, 11) is 0. The van der Waals surface area contributed by atoms with Crippen molar-refractivity contribution >= 4 is 17.5 Å². The molecule has 0 aliphatic carbocycles. The Morgan fingerprint density at radius 2 is 1.91 bits per heavy atom. The number of halogens is 2. The predicted molar refractivity (Wildman–Crippen MR) is 119 cm³/mol. The Balaban J connectivity index is 1.51. The Morgan fingerprint density at radius 1 is 1.09 bits per heavy atom. The maximum atomic E-state index is 13.3. The zero-order valence-corrected chi connectivity index (χ0v) is 18.1. The molecule has 162 valence electrons. The molecule has 9 heteroatoms. The lowest BCUT2D eigenvalue weighted by Gasteiger charge is -2.22. The monoisotopic (exact) mass is 450 g/mol. The van der Waals surface area contributed by atoms with Crippen molar-refractivity contribution < 1.29 is 9.18 Å². The number of benzene rings is 1. The van der Waals surface area contributed by atoms with Crippen molar-refractivity contribution in [3.63, 3.8) is 0 Å². The first-order valence-electron chi connectivity index (χ1n) is 10.1. The maximum Gasteiger partial charge on any atom is 0.254 e. The van der Waals surface area contributed by atoms with Crippen molar-refractivity contribution in [3.05, 3.63) is 83.7 Å². The van der Waals surface area contributed by atoms with Crippen LogP contribution >= 0.6 is 11.6 Å².